The third-order valence-corrected chi connectivity index (χ3v) is 3.20. The van der Waals surface area contributed by atoms with Crippen LogP contribution in [-0.4, -0.2) is 10.2 Å². The van der Waals surface area contributed by atoms with E-state index in [-0.39, 0.29) is 0 Å². The van der Waals surface area contributed by atoms with Crippen molar-refractivity contribution in [3.05, 3.63) is 46.0 Å². The second-order valence-corrected chi connectivity index (χ2v) is 4.54. The van der Waals surface area contributed by atoms with Crippen LogP contribution in [0.4, 0.5) is 37.7 Å². The fourth-order valence-corrected chi connectivity index (χ4v) is 1.92. The molecule has 0 spiro atoms. The molecule has 124 valence electrons. The summed E-state index contributed by atoms with van der Waals surface area (Å²) in [6.45, 7) is 0. The van der Waals surface area contributed by atoms with E-state index in [9.17, 15) is 26.3 Å². The Kier molecular flexibility index (Phi) is 3.93. The van der Waals surface area contributed by atoms with Crippen molar-refractivity contribution in [2.24, 2.45) is 0 Å². The van der Waals surface area contributed by atoms with E-state index in [0.29, 0.717) is 0 Å². The number of benzene rings is 2. The first-order valence-corrected chi connectivity index (χ1v) is 5.87. The van der Waals surface area contributed by atoms with Gasteiger partial charge in [0.25, 0.3) is 0 Å². The molecule has 0 aliphatic carbocycles. The van der Waals surface area contributed by atoms with Crippen molar-refractivity contribution in [2.45, 2.75) is 6.42 Å². The molecular weight excluding hydrogens is 330 g/mol. The molecule has 0 amide bonds. The maximum absolute atomic E-state index is 13.8. The number of hydrogen-bond acceptors (Lipinski definition) is 4. The zero-order chi connectivity index (χ0) is 17.6. The summed E-state index contributed by atoms with van der Waals surface area (Å²) < 4.78 is 81.7. The second-order valence-electron chi connectivity index (χ2n) is 4.54. The van der Waals surface area contributed by atoms with E-state index < -0.39 is 75.3 Å². The van der Waals surface area contributed by atoms with Crippen molar-refractivity contribution < 1.29 is 36.6 Å². The van der Waals surface area contributed by atoms with Crippen LogP contribution in [0.5, 0.6) is 11.5 Å². The highest BCUT2D eigenvalue weighted by molar-refractivity contribution is 5.59. The molecule has 0 unspecified atom stereocenters. The molecule has 2 aromatic carbocycles. The molecule has 2 aromatic rings. The SMILES string of the molecule is Nc1c(O)c(F)c(F)c(Cc2c(F)c(N)c(O)c(F)c2F)c1F. The summed E-state index contributed by atoms with van der Waals surface area (Å²) in [5.74, 6) is -14.2. The molecule has 2 rings (SSSR count). The summed E-state index contributed by atoms with van der Waals surface area (Å²) in [5, 5.41) is 18.1. The molecule has 23 heavy (non-hydrogen) atoms. The minimum absolute atomic E-state index is 1.19. The van der Waals surface area contributed by atoms with E-state index in [1.807, 2.05) is 0 Å². The van der Waals surface area contributed by atoms with E-state index in [0.717, 1.165) is 0 Å². The van der Waals surface area contributed by atoms with Crippen molar-refractivity contribution in [2.75, 3.05) is 11.5 Å². The molecule has 0 aliphatic rings. The number of phenolic OH excluding ortho intramolecular Hbond substituents is 2. The largest absolute Gasteiger partial charge is 0.503 e. The monoisotopic (exact) mass is 338 g/mol. The first kappa shape index (κ1) is 16.6. The lowest BCUT2D eigenvalue weighted by Crippen LogP contribution is -2.10. The Morgan fingerprint density at radius 1 is 0.565 bits per heavy atom. The topological polar surface area (TPSA) is 92.5 Å². The third-order valence-electron chi connectivity index (χ3n) is 3.20. The molecule has 0 atom stereocenters. The Balaban J connectivity index is 2.71. The van der Waals surface area contributed by atoms with Crippen LogP contribution in [-0.2, 0) is 6.42 Å². The minimum atomic E-state index is -1.96. The molecule has 4 nitrogen and oxygen atoms in total. The lowest BCUT2D eigenvalue weighted by Gasteiger charge is -2.13. The molecule has 0 radical (unpaired) electrons. The molecule has 0 heterocycles. The van der Waals surface area contributed by atoms with Crippen molar-refractivity contribution in [1.82, 2.24) is 0 Å². The van der Waals surface area contributed by atoms with Crippen LogP contribution in [0.1, 0.15) is 11.1 Å². The predicted molar refractivity (Wildman–Crippen MR) is 67.6 cm³/mol. The first-order chi connectivity index (χ1) is 10.6. The average molecular weight is 338 g/mol. The number of rotatable bonds is 2. The molecule has 0 bridgehead atoms. The van der Waals surface area contributed by atoms with Crippen molar-refractivity contribution in [1.29, 1.82) is 0 Å². The predicted octanol–water partition coefficient (Wildman–Crippen LogP) is 2.69. The quantitative estimate of drug-likeness (QED) is 0.293. The molecule has 6 N–H and O–H groups in total. The number of nitrogen functional groups attached to an aromatic ring is 2. The molecule has 10 heteroatoms. The molecule has 0 aromatic heterocycles. The van der Waals surface area contributed by atoms with E-state index >= 15 is 0 Å². The van der Waals surface area contributed by atoms with Crippen LogP contribution in [0.2, 0.25) is 0 Å². The van der Waals surface area contributed by atoms with Gasteiger partial charge in [0, 0.05) is 17.5 Å². The number of phenols is 2. The minimum Gasteiger partial charge on any atom is -0.503 e. The van der Waals surface area contributed by atoms with Crippen LogP contribution in [0.25, 0.3) is 0 Å². The molecular formula is C13H8F6N2O2. The summed E-state index contributed by atoms with van der Waals surface area (Å²) in [6.07, 6.45) is -1.31. The maximum Gasteiger partial charge on any atom is 0.203 e. The maximum atomic E-state index is 13.8. The Hall–Kier alpha value is -2.78. The highest BCUT2D eigenvalue weighted by Crippen LogP contribution is 2.37. The number of anilines is 2. The van der Waals surface area contributed by atoms with Gasteiger partial charge in [-0.1, -0.05) is 0 Å². The Morgan fingerprint density at radius 2 is 0.870 bits per heavy atom. The number of aromatic hydroxyl groups is 2. The van der Waals surface area contributed by atoms with Gasteiger partial charge in [-0.2, -0.15) is 8.78 Å². The summed E-state index contributed by atoms with van der Waals surface area (Å²) in [4.78, 5) is 0. The summed E-state index contributed by atoms with van der Waals surface area (Å²) >= 11 is 0. The van der Waals surface area contributed by atoms with Gasteiger partial charge in [-0.25, -0.2) is 17.6 Å². The van der Waals surface area contributed by atoms with Crippen LogP contribution >= 0.6 is 0 Å². The van der Waals surface area contributed by atoms with Gasteiger partial charge in [-0.3, -0.25) is 0 Å². The second kappa shape index (κ2) is 5.45. The van der Waals surface area contributed by atoms with Gasteiger partial charge in [0.1, 0.15) is 11.4 Å². The van der Waals surface area contributed by atoms with Gasteiger partial charge in [0.15, 0.2) is 34.8 Å². The number of hydrogen-bond donors (Lipinski definition) is 4. The molecule has 0 saturated carbocycles. The fourth-order valence-electron chi connectivity index (χ4n) is 1.92. The molecule has 0 saturated heterocycles. The normalized spacial score (nSPS) is 11.0. The molecule has 0 aliphatic heterocycles. The lowest BCUT2D eigenvalue weighted by atomic mass is 10.00. The Bertz CT molecular complexity index is 700. The van der Waals surface area contributed by atoms with Gasteiger partial charge in [0.05, 0.1) is 0 Å². The summed E-state index contributed by atoms with van der Waals surface area (Å²) in [5.41, 5.74) is 5.14. The van der Waals surface area contributed by atoms with Gasteiger partial charge in [-0.15, -0.1) is 0 Å². The fraction of sp³-hybridized carbons (Fsp3) is 0.0769. The summed E-state index contributed by atoms with van der Waals surface area (Å²) in [7, 11) is 0. The van der Waals surface area contributed by atoms with E-state index in [4.69, 9.17) is 21.7 Å². The van der Waals surface area contributed by atoms with E-state index in [2.05, 4.69) is 0 Å². The van der Waals surface area contributed by atoms with Crippen molar-refractivity contribution in [3.63, 3.8) is 0 Å². The van der Waals surface area contributed by atoms with Crippen molar-refractivity contribution in [3.8, 4) is 11.5 Å². The smallest absolute Gasteiger partial charge is 0.203 e. The van der Waals surface area contributed by atoms with Gasteiger partial charge < -0.3 is 21.7 Å². The van der Waals surface area contributed by atoms with Gasteiger partial charge in [0.2, 0.25) is 11.6 Å². The number of halogens is 6. The van der Waals surface area contributed by atoms with Crippen LogP contribution in [0, 0.1) is 34.9 Å². The van der Waals surface area contributed by atoms with Gasteiger partial charge >= 0.3 is 0 Å². The van der Waals surface area contributed by atoms with Crippen LogP contribution in [0.15, 0.2) is 0 Å². The number of nitrogens with two attached hydrogens (primary N) is 2. The van der Waals surface area contributed by atoms with Gasteiger partial charge in [-0.05, 0) is 0 Å². The van der Waals surface area contributed by atoms with Crippen molar-refractivity contribution >= 4 is 11.4 Å². The highest BCUT2D eigenvalue weighted by Gasteiger charge is 2.28. The molecule has 0 fully saturated rings. The standard InChI is InChI=1S/C13H8F6N2O2/c14-4-2(6(16)10(20)12(22)8(4)18)1-3-5(15)9(19)13(23)11(21)7(3)17/h22-23H,1,20-21H2. The Morgan fingerprint density at radius 3 is 1.17 bits per heavy atom. The Labute approximate surface area is 124 Å². The zero-order valence-corrected chi connectivity index (χ0v) is 11.0. The third kappa shape index (κ3) is 2.35. The average Bonchev–Trinajstić information content (AvgIpc) is 2.54. The lowest BCUT2D eigenvalue weighted by molar-refractivity contribution is 0.393. The highest BCUT2D eigenvalue weighted by atomic mass is 19.2. The summed E-state index contributed by atoms with van der Waals surface area (Å²) in [6, 6.07) is 0. The van der Waals surface area contributed by atoms with Crippen LogP contribution in [0.3, 0.4) is 0 Å². The van der Waals surface area contributed by atoms with Crippen LogP contribution < -0.4 is 11.5 Å². The zero-order valence-electron chi connectivity index (χ0n) is 11.0. The first-order valence-electron chi connectivity index (χ1n) is 5.87. The van der Waals surface area contributed by atoms with E-state index in [1.165, 1.54) is 0 Å². The van der Waals surface area contributed by atoms with E-state index in [1.54, 1.807) is 0 Å².